The molecule has 2 bridgehead atoms. The quantitative estimate of drug-likeness (QED) is 0.616. The van der Waals surface area contributed by atoms with Gasteiger partial charge in [-0.05, 0) is 39.2 Å². The summed E-state index contributed by atoms with van der Waals surface area (Å²) in [4.78, 5) is 0. The maximum Gasteiger partial charge on any atom is 0.0731 e. The molecule has 2 saturated heterocycles. The van der Waals surface area contributed by atoms with Crippen LogP contribution in [0.15, 0.2) is 0 Å². The summed E-state index contributed by atoms with van der Waals surface area (Å²) in [6.07, 6.45) is 7.63. The molecular weight excluding hydrogens is 138 g/mol. The Labute approximate surface area is 68.3 Å². The van der Waals surface area contributed by atoms with Gasteiger partial charge in [0.25, 0.3) is 0 Å². The summed E-state index contributed by atoms with van der Waals surface area (Å²) in [7, 11) is 2.04. The van der Waals surface area contributed by atoms with Gasteiger partial charge < -0.3 is 10.1 Å². The number of nitrogens with one attached hydrogen (secondary N) is 1. The van der Waals surface area contributed by atoms with Gasteiger partial charge >= 0.3 is 0 Å². The minimum absolute atomic E-state index is 0.521. The second-order valence-corrected chi connectivity index (χ2v) is 3.70. The zero-order chi connectivity index (χ0) is 7.68. The van der Waals surface area contributed by atoms with Crippen molar-refractivity contribution in [1.29, 1.82) is 0 Å². The summed E-state index contributed by atoms with van der Waals surface area (Å²) in [6, 6.07) is 0.631. The maximum atomic E-state index is 5.86. The van der Waals surface area contributed by atoms with E-state index in [9.17, 15) is 0 Å². The average molecular weight is 155 g/mol. The highest BCUT2D eigenvalue weighted by Gasteiger charge is 2.32. The van der Waals surface area contributed by atoms with Crippen molar-refractivity contribution in [2.75, 3.05) is 7.05 Å². The molecule has 0 amide bonds. The lowest BCUT2D eigenvalue weighted by atomic mass is 9.88. The lowest BCUT2D eigenvalue weighted by Gasteiger charge is -2.40. The van der Waals surface area contributed by atoms with E-state index in [1.807, 2.05) is 7.05 Å². The molecular formula is C9H17NO. The fraction of sp³-hybridized carbons (Fsp3) is 1.00. The van der Waals surface area contributed by atoms with Crippen molar-refractivity contribution in [3.05, 3.63) is 0 Å². The third-order valence-electron chi connectivity index (χ3n) is 3.00. The van der Waals surface area contributed by atoms with Gasteiger partial charge in [0.2, 0.25) is 0 Å². The topological polar surface area (TPSA) is 21.3 Å². The summed E-state index contributed by atoms with van der Waals surface area (Å²) in [5.74, 6) is 0. The molecule has 0 saturated carbocycles. The third-order valence-corrected chi connectivity index (χ3v) is 3.00. The normalized spacial score (nSPS) is 43.9. The molecule has 64 valence electrons. The first-order valence-electron chi connectivity index (χ1n) is 4.73. The molecule has 0 aromatic rings. The van der Waals surface area contributed by atoms with E-state index >= 15 is 0 Å². The summed E-state index contributed by atoms with van der Waals surface area (Å²) in [6.45, 7) is 0. The van der Waals surface area contributed by atoms with Gasteiger partial charge in [0.05, 0.1) is 12.2 Å². The van der Waals surface area contributed by atoms with Gasteiger partial charge in [-0.1, -0.05) is 0 Å². The molecule has 2 nitrogen and oxygen atoms in total. The lowest BCUT2D eigenvalue weighted by Crippen LogP contribution is -2.48. The van der Waals surface area contributed by atoms with Crippen LogP contribution in [0.4, 0.5) is 0 Å². The smallest absolute Gasteiger partial charge is 0.0731 e. The van der Waals surface area contributed by atoms with Gasteiger partial charge in [-0.25, -0.2) is 0 Å². The number of rotatable bonds is 1. The molecule has 2 aliphatic rings. The van der Waals surface area contributed by atoms with Crippen LogP contribution in [0.5, 0.6) is 0 Å². The number of hydrogen-bond acceptors (Lipinski definition) is 2. The Hall–Kier alpha value is -0.0800. The minimum atomic E-state index is 0.521. The molecule has 0 radical (unpaired) electrons. The van der Waals surface area contributed by atoms with Crippen molar-refractivity contribution in [3.8, 4) is 0 Å². The molecule has 3 unspecified atom stereocenters. The summed E-state index contributed by atoms with van der Waals surface area (Å²) < 4.78 is 5.86. The highest BCUT2D eigenvalue weighted by atomic mass is 16.5. The Balaban J connectivity index is 1.97. The van der Waals surface area contributed by atoms with Crippen molar-refractivity contribution >= 4 is 0 Å². The number of hydrogen-bond donors (Lipinski definition) is 1. The second kappa shape index (κ2) is 3.11. The van der Waals surface area contributed by atoms with Crippen LogP contribution in [-0.2, 0) is 4.74 Å². The molecule has 2 heterocycles. The van der Waals surface area contributed by atoms with Gasteiger partial charge in [0, 0.05) is 6.04 Å². The van der Waals surface area contributed by atoms with Crippen molar-refractivity contribution in [2.24, 2.45) is 0 Å². The van der Waals surface area contributed by atoms with Gasteiger partial charge in [0.1, 0.15) is 0 Å². The van der Waals surface area contributed by atoms with Crippen molar-refractivity contribution in [3.63, 3.8) is 0 Å². The van der Waals surface area contributed by atoms with Crippen molar-refractivity contribution < 1.29 is 4.74 Å². The van der Waals surface area contributed by atoms with Crippen LogP contribution in [0.2, 0.25) is 0 Å². The Kier molecular flexibility index (Phi) is 2.14. The molecule has 2 aliphatic heterocycles. The molecule has 11 heavy (non-hydrogen) atoms. The fourth-order valence-corrected chi connectivity index (χ4v) is 2.32. The molecule has 1 N–H and O–H groups in total. The minimum Gasteiger partial charge on any atom is -0.373 e. The Morgan fingerprint density at radius 2 is 2.09 bits per heavy atom. The van der Waals surface area contributed by atoms with Crippen molar-refractivity contribution in [1.82, 2.24) is 5.32 Å². The highest BCUT2D eigenvalue weighted by Crippen LogP contribution is 2.30. The summed E-state index contributed by atoms with van der Waals surface area (Å²) in [5.41, 5.74) is 0. The first kappa shape index (κ1) is 7.56. The van der Waals surface area contributed by atoms with Gasteiger partial charge in [-0.3, -0.25) is 0 Å². The maximum absolute atomic E-state index is 5.86. The standard InChI is InChI=1S/C9H17NO/c1-10-8-6-5-7-3-2-4-9(8)11-7/h7-10H,2-6H2,1H3. The monoisotopic (exact) mass is 155 g/mol. The van der Waals surface area contributed by atoms with Crippen LogP contribution in [0.3, 0.4) is 0 Å². The zero-order valence-electron chi connectivity index (χ0n) is 7.18. The van der Waals surface area contributed by atoms with Gasteiger partial charge in [-0.15, -0.1) is 0 Å². The second-order valence-electron chi connectivity index (χ2n) is 3.70. The van der Waals surface area contributed by atoms with Crippen LogP contribution >= 0.6 is 0 Å². The van der Waals surface area contributed by atoms with E-state index in [1.165, 1.54) is 32.1 Å². The zero-order valence-corrected chi connectivity index (χ0v) is 7.18. The van der Waals surface area contributed by atoms with Crippen LogP contribution in [0.1, 0.15) is 32.1 Å². The van der Waals surface area contributed by atoms with E-state index in [4.69, 9.17) is 4.74 Å². The number of fused-ring (bicyclic) bond motifs is 2. The fourth-order valence-electron chi connectivity index (χ4n) is 2.32. The van der Waals surface area contributed by atoms with E-state index in [-0.39, 0.29) is 0 Å². The largest absolute Gasteiger partial charge is 0.373 e. The molecule has 0 spiro atoms. The Bertz CT molecular complexity index is 138. The predicted molar refractivity (Wildman–Crippen MR) is 44.6 cm³/mol. The molecule has 3 atom stereocenters. The van der Waals surface area contributed by atoms with Gasteiger partial charge in [0.15, 0.2) is 0 Å². The highest BCUT2D eigenvalue weighted by molar-refractivity contribution is 4.86. The van der Waals surface area contributed by atoms with Crippen LogP contribution in [0.25, 0.3) is 0 Å². The van der Waals surface area contributed by atoms with Gasteiger partial charge in [-0.2, -0.15) is 0 Å². The Morgan fingerprint density at radius 1 is 1.18 bits per heavy atom. The van der Waals surface area contributed by atoms with E-state index in [0.717, 1.165) is 0 Å². The molecule has 2 rings (SSSR count). The molecule has 2 heteroatoms. The van der Waals surface area contributed by atoms with Crippen LogP contribution in [-0.4, -0.2) is 25.3 Å². The van der Waals surface area contributed by atoms with Crippen LogP contribution < -0.4 is 5.32 Å². The SMILES string of the molecule is CNC1CCC2CCCC1O2. The number of ether oxygens (including phenoxy) is 1. The molecule has 0 aliphatic carbocycles. The first-order valence-corrected chi connectivity index (χ1v) is 4.73. The molecule has 0 aromatic carbocycles. The molecule has 2 fully saturated rings. The predicted octanol–water partition coefficient (Wildman–Crippen LogP) is 1.31. The number of likely N-dealkylation sites (N-methyl/N-ethyl adjacent to an activating group) is 1. The van der Waals surface area contributed by atoms with E-state index in [2.05, 4.69) is 5.32 Å². The third kappa shape index (κ3) is 1.42. The van der Waals surface area contributed by atoms with E-state index < -0.39 is 0 Å². The van der Waals surface area contributed by atoms with E-state index in [1.54, 1.807) is 0 Å². The first-order chi connectivity index (χ1) is 5.40. The Morgan fingerprint density at radius 3 is 2.91 bits per heavy atom. The summed E-state index contributed by atoms with van der Waals surface area (Å²) in [5, 5.41) is 3.33. The summed E-state index contributed by atoms with van der Waals surface area (Å²) >= 11 is 0. The lowest BCUT2D eigenvalue weighted by molar-refractivity contribution is -0.0981. The average Bonchev–Trinajstić information content (AvgIpc) is 2.06. The van der Waals surface area contributed by atoms with Crippen LogP contribution in [0, 0.1) is 0 Å². The molecule has 0 aromatic heterocycles. The van der Waals surface area contributed by atoms with Crippen molar-refractivity contribution in [2.45, 2.75) is 50.4 Å². The van der Waals surface area contributed by atoms with E-state index in [0.29, 0.717) is 18.2 Å².